The van der Waals surface area contributed by atoms with Crippen molar-refractivity contribution in [2.24, 2.45) is 0 Å². The van der Waals surface area contributed by atoms with Crippen LogP contribution in [0.2, 0.25) is 0 Å². The number of aromatic nitrogens is 1. The van der Waals surface area contributed by atoms with Gasteiger partial charge in [-0.3, -0.25) is 15.0 Å². The molecule has 1 fully saturated rings. The van der Waals surface area contributed by atoms with Crippen molar-refractivity contribution in [2.45, 2.75) is 0 Å². The summed E-state index contributed by atoms with van der Waals surface area (Å²) in [6.45, 7) is 5.07. The number of hydrogen-bond donors (Lipinski definition) is 1. The van der Waals surface area contributed by atoms with E-state index in [1.165, 1.54) is 12.3 Å². The number of nitro groups is 1. The van der Waals surface area contributed by atoms with E-state index in [9.17, 15) is 10.1 Å². The monoisotopic (exact) mass is 330 g/mol. The molecular weight excluding hydrogens is 316 g/mol. The van der Waals surface area contributed by atoms with Gasteiger partial charge in [0.05, 0.1) is 22.6 Å². The molecule has 7 nitrogen and oxygen atoms in total. The Morgan fingerprint density at radius 1 is 1.53 bits per heavy atom. The van der Waals surface area contributed by atoms with E-state index >= 15 is 0 Å². The number of nitrogens with zero attached hydrogens (tertiary/aromatic N) is 3. The Balaban J connectivity index is 1.83. The zero-order valence-electron chi connectivity index (χ0n) is 10.3. The summed E-state index contributed by atoms with van der Waals surface area (Å²) in [5, 5.41) is 13.8. The van der Waals surface area contributed by atoms with Crippen LogP contribution in [0.3, 0.4) is 0 Å². The van der Waals surface area contributed by atoms with Crippen LogP contribution in [0.4, 0.5) is 11.5 Å². The summed E-state index contributed by atoms with van der Waals surface area (Å²) in [6, 6.07) is 1.45. The van der Waals surface area contributed by atoms with Gasteiger partial charge in [-0.05, 0) is 15.9 Å². The van der Waals surface area contributed by atoms with Crippen LogP contribution in [0.1, 0.15) is 0 Å². The van der Waals surface area contributed by atoms with Crippen molar-refractivity contribution in [3.8, 4) is 0 Å². The van der Waals surface area contributed by atoms with Gasteiger partial charge < -0.3 is 10.1 Å². The predicted molar refractivity (Wildman–Crippen MR) is 74.3 cm³/mol. The van der Waals surface area contributed by atoms with E-state index in [1.807, 2.05) is 0 Å². The van der Waals surface area contributed by atoms with Gasteiger partial charge in [-0.1, -0.05) is 0 Å². The molecule has 0 radical (unpaired) electrons. The molecule has 19 heavy (non-hydrogen) atoms. The van der Waals surface area contributed by atoms with Crippen LogP contribution in [0.25, 0.3) is 0 Å². The van der Waals surface area contributed by atoms with E-state index < -0.39 is 4.92 Å². The molecule has 1 aliphatic heterocycles. The average molecular weight is 331 g/mol. The first-order valence-corrected chi connectivity index (χ1v) is 6.80. The van der Waals surface area contributed by atoms with Crippen molar-refractivity contribution in [2.75, 3.05) is 44.7 Å². The summed E-state index contributed by atoms with van der Waals surface area (Å²) >= 11 is 3.28. The molecule has 8 heteroatoms. The highest BCUT2D eigenvalue weighted by Gasteiger charge is 2.12. The van der Waals surface area contributed by atoms with Crippen LogP contribution in [0.5, 0.6) is 0 Å². The Morgan fingerprint density at radius 3 is 2.89 bits per heavy atom. The van der Waals surface area contributed by atoms with Gasteiger partial charge in [-0.2, -0.15) is 0 Å². The number of rotatable bonds is 5. The van der Waals surface area contributed by atoms with Crippen molar-refractivity contribution in [1.82, 2.24) is 9.88 Å². The van der Waals surface area contributed by atoms with Crippen molar-refractivity contribution < 1.29 is 9.66 Å². The van der Waals surface area contributed by atoms with Crippen LogP contribution in [-0.2, 0) is 4.74 Å². The maximum atomic E-state index is 10.6. The van der Waals surface area contributed by atoms with Gasteiger partial charge in [0.25, 0.3) is 5.69 Å². The third kappa shape index (κ3) is 4.12. The van der Waals surface area contributed by atoms with Crippen molar-refractivity contribution >= 4 is 27.4 Å². The molecule has 0 unspecified atom stereocenters. The topological polar surface area (TPSA) is 80.5 Å². The highest BCUT2D eigenvalue weighted by atomic mass is 79.9. The predicted octanol–water partition coefficient (Wildman–Crippen LogP) is 1.50. The van der Waals surface area contributed by atoms with E-state index in [1.54, 1.807) is 0 Å². The fourth-order valence-electron chi connectivity index (χ4n) is 1.81. The minimum Gasteiger partial charge on any atom is -0.379 e. The van der Waals surface area contributed by atoms with Gasteiger partial charge in [0.15, 0.2) is 0 Å². The molecule has 0 amide bonds. The van der Waals surface area contributed by atoms with Gasteiger partial charge >= 0.3 is 0 Å². The molecule has 2 heterocycles. The van der Waals surface area contributed by atoms with E-state index in [0.29, 0.717) is 10.3 Å². The van der Waals surface area contributed by atoms with Gasteiger partial charge in [-0.25, -0.2) is 4.98 Å². The van der Waals surface area contributed by atoms with E-state index in [4.69, 9.17) is 4.74 Å². The third-order valence-electron chi connectivity index (χ3n) is 2.86. The maximum absolute atomic E-state index is 10.6. The summed E-state index contributed by atoms with van der Waals surface area (Å²) < 4.78 is 5.87. The second-order valence-electron chi connectivity index (χ2n) is 4.16. The van der Waals surface area contributed by atoms with Gasteiger partial charge in [0, 0.05) is 32.2 Å². The summed E-state index contributed by atoms with van der Waals surface area (Å²) in [6.07, 6.45) is 1.25. The number of anilines is 1. The Kier molecular flexibility index (Phi) is 5.06. The fourth-order valence-corrected chi connectivity index (χ4v) is 2.29. The quantitative estimate of drug-likeness (QED) is 0.650. The average Bonchev–Trinajstić information content (AvgIpc) is 2.41. The van der Waals surface area contributed by atoms with Crippen molar-refractivity contribution in [3.63, 3.8) is 0 Å². The minimum absolute atomic E-state index is 0.0226. The molecule has 1 saturated heterocycles. The summed E-state index contributed by atoms with van der Waals surface area (Å²) in [4.78, 5) is 16.5. The molecule has 0 spiro atoms. The van der Waals surface area contributed by atoms with Crippen LogP contribution >= 0.6 is 15.9 Å². The highest BCUT2D eigenvalue weighted by molar-refractivity contribution is 9.10. The number of halogens is 1. The summed E-state index contributed by atoms with van der Waals surface area (Å²) in [5.41, 5.74) is -0.0226. The first kappa shape index (κ1) is 14.2. The molecule has 104 valence electrons. The Labute approximate surface area is 119 Å². The third-order valence-corrected chi connectivity index (χ3v) is 3.47. The Morgan fingerprint density at radius 2 is 2.26 bits per heavy atom. The lowest BCUT2D eigenvalue weighted by Gasteiger charge is -2.26. The maximum Gasteiger partial charge on any atom is 0.288 e. The first-order chi connectivity index (χ1) is 9.16. The van der Waals surface area contributed by atoms with Crippen LogP contribution in [-0.4, -0.2) is 54.2 Å². The summed E-state index contributed by atoms with van der Waals surface area (Å²) in [5.74, 6) is 0.624. The second-order valence-corrected chi connectivity index (χ2v) is 5.02. The number of morpholine rings is 1. The lowest BCUT2D eigenvalue weighted by Crippen LogP contribution is -2.39. The van der Waals surface area contributed by atoms with Crippen LogP contribution in [0.15, 0.2) is 16.7 Å². The second kappa shape index (κ2) is 6.78. The zero-order chi connectivity index (χ0) is 13.7. The number of ether oxygens (including phenoxy) is 1. The molecule has 0 atom stereocenters. The van der Waals surface area contributed by atoms with Crippen LogP contribution in [0, 0.1) is 10.1 Å². The van der Waals surface area contributed by atoms with E-state index in [-0.39, 0.29) is 5.69 Å². The molecular formula is C11H15BrN4O3. The molecule has 0 saturated carbocycles. The Hall–Kier alpha value is -1.25. The van der Waals surface area contributed by atoms with E-state index in [0.717, 1.165) is 39.4 Å². The number of nitrogens with one attached hydrogen (secondary N) is 1. The molecule has 0 bridgehead atoms. The molecule has 1 aliphatic rings. The molecule has 0 aliphatic carbocycles. The zero-order valence-corrected chi connectivity index (χ0v) is 11.9. The molecule has 2 rings (SSSR count). The smallest absolute Gasteiger partial charge is 0.288 e. The number of pyridine rings is 1. The molecule has 1 aromatic rings. The van der Waals surface area contributed by atoms with E-state index in [2.05, 4.69) is 31.1 Å². The summed E-state index contributed by atoms with van der Waals surface area (Å²) in [7, 11) is 0. The molecule has 0 aromatic carbocycles. The molecule has 1 aromatic heterocycles. The normalized spacial score (nSPS) is 16.3. The minimum atomic E-state index is -0.463. The van der Waals surface area contributed by atoms with Gasteiger partial charge in [-0.15, -0.1) is 0 Å². The van der Waals surface area contributed by atoms with Crippen molar-refractivity contribution in [3.05, 3.63) is 26.9 Å². The lowest BCUT2D eigenvalue weighted by molar-refractivity contribution is -0.385. The highest BCUT2D eigenvalue weighted by Crippen LogP contribution is 2.24. The lowest BCUT2D eigenvalue weighted by atomic mass is 10.4. The SMILES string of the molecule is O=[N+]([O-])c1cnc(NCCN2CCOCC2)c(Br)c1. The van der Waals surface area contributed by atoms with Gasteiger partial charge in [0.1, 0.15) is 12.0 Å². The van der Waals surface area contributed by atoms with Gasteiger partial charge in [0.2, 0.25) is 0 Å². The van der Waals surface area contributed by atoms with Crippen LogP contribution < -0.4 is 5.32 Å². The largest absolute Gasteiger partial charge is 0.379 e. The Bertz CT molecular complexity index is 452. The molecule has 1 N–H and O–H groups in total. The fraction of sp³-hybridized carbons (Fsp3) is 0.545. The van der Waals surface area contributed by atoms with Crippen molar-refractivity contribution in [1.29, 1.82) is 0 Å². The first-order valence-electron chi connectivity index (χ1n) is 6.01. The number of hydrogen-bond acceptors (Lipinski definition) is 6. The standard InChI is InChI=1S/C11H15BrN4O3/c12-10-7-9(16(17)18)8-14-11(10)13-1-2-15-3-5-19-6-4-15/h7-8H,1-6H2,(H,13,14).